The summed E-state index contributed by atoms with van der Waals surface area (Å²) in [4.78, 5) is 23.3. The lowest BCUT2D eigenvalue weighted by molar-refractivity contribution is -0.119. The summed E-state index contributed by atoms with van der Waals surface area (Å²) in [6, 6.07) is 4.01. The van der Waals surface area contributed by atoms with Gasteiger partial charge in [-0.3, -0.25) is 4.79 Å². The zero-order valence-corrected chi connectivity index (χ0v) is 15.7. The number of rotatable bonds is 5. The van der Waals surface area contributed by atoms with Crippen molar-refractivity contribution in [3.05, 3.63) is 29.3 Å². The third-order valence-electron chi connectivity index (χ3n) is 5.13. The maximum Gasteiger partial charge on any atom is 0.328 e. The van der Waals surface area contributed by atoms with Gasteiger partial charge in [0, 0.05) is 13.5 Å². The van der Waals surface area contributed by atoms with Crippen molar-refractivity contribution < 1.29 is 18.0 Å². The number of fused-ring (bicyclic) bond motifs is 1. The highest BCUT2D eigenvalue weighted by atomic mass is 32.2. The Hall–Kier alpha value is -2.09. The number of carbonyl (C=O) groups excluding carboxylic acids is 2. The van der Waals surface area contributed by atoms with E-state index >= 15 is 0 Å². The fourth-order valence-corrected chi connectivity index (χ4v) is 4.80. The maximum atomic E-state index is 12.5. The summed E-state index contributed by atoms with van der Waals surface area (Å²) in [5.74, 6) is 0.328. The van der Waals surface area contributed by atoms with E-state index in [-0.39, 0.29) is 16.8 Å². The molecule has 2 aliphatic carbocycles. The molecule has 1 saturated carbocycles. The zero-order chi connectivity index (χ0) is 18.7. The molecule has 1 fully saturated rings. The average Bonchev–Trinajstić information content (AvgIpc) is 3.22. The van der Waals surface area contributed by atoms with Crippen molar-refractivity contribution in [2.45, 2.75) is 56.4 Å². The first-order valence-electron chi connectivity index (χ1n) is 9.06. The second kappa shape index (κ2) is 7.65. The molecule has 0 spiro atoms. The molecule has 0 aromatic heterocycles. The molecule has 1 unspecified atom stereocenters. The van der Waals surface area contributed by atoms with E-state index in [4.69, 9.17) is 0 Å². The zero-order valence-electron chi connectivity index (χ0n) is 14.9. The highest BCUT2D eigenvalue weighted by Crippen LogP contribution is 2.32. The van der Waals surface area contributed by atoms with Crippen LogP contribution in [0, 0.1) is 5.92 Å². The molecule has 2 aliphatic rings. The van der Waals surface area contributed by atoms with E-state index in [0.717, 1.165) is 30.4 Å². The molecule has 1 atom stereocenters. The minimum absolute atomic E-state index is 0.0655. The molecule has 3 N–H and O–H groups in total. The fraction of sp³-hybridized carbons (Fsp3) is 0.556. The van der Waals surface area contributed by atoms with Gasteiger partial charge < -0.3 is 10.6 Å². The lowest BCUT2D eigenvalue weighted by atomic mass is 10.1. The van der Waals surface area contributed by atoms with E-state index in [2.05, 4.69) is 15.4 Å². The van der Waals surface area contributed by atoms with Crippen LogP contribution in [0.15, 0.2) is 23.1 Å². The molecule has 1 aromatic rings. The Morgan fingerprint density at radius 1 is 1.15 bits per heavy atom. The van der Waals surface area contributed by atoms with E-state index in [0.29, 0.717) is 18.9 Å². The second-order valence-corrected chi connectivity index (χ2v) is 8.80. The summed E-state index contributed by atoms with van der Waals surface area (Å²) >= 11 is 0. The Morgan fingerprint density at radius 2 is 1.88 bits per heavy atom. The SMILES string of the molecule is CC(=O)NC1CCc2cc(S(=O)(=O)NC(=O)NCC3CCCC3)ccc21. The molecular formula is C18H25N3O4S. The van der Waals surface area contributed by atoms with Crippen molar-refractivity contribution in [2.75, 3.05) is 6.54 Å². The monoisotopic (exact) mass is 379 g/mol. The van der Waals surface area contributed by atoms with Gasteiger partial charge in [-0.05, 0) is 54.9 Å². The Bertz CT molecular complexity index is 801. The summed E-state index contributed by atoms with van der Waals surface area (Å²) in [6.45, 7) is 1.97. The van der Waals surface area contributed by atoms with Crippen molar-refractivity contribution in [1.82, 2.24) is 15.4 Å². The number of hydrogen-bond donors (Lipinski definition) is 3. The normalized spacial score (nSPS) is 19.8. The van der Waals surface area contributed by atoms with Gasteiger partial charge in [-0.15, -0.1) is 0 Å². The molecule has 0 bridgehead atoms. The summed E-state index contributed by atoms with van der Waals surface area (Å²) in [6.07, 6.45) is 5.92. The standard InChI is InChI=1S/C18H25N3O4S/c1-12(22)20-17-9-6-14-10-15(7-8-16(14)17)26(24,25)21-18(23)19-11-13-4-2-3-5-13/h7-8,10,13,17H,2-6,9,11H2,1H3,(H,20,22)(H2,19,21,23). The van der Waals surface area contributed by atoms with Gasteiger partial charge in [-0.1, -0.05) is 18.9 Å². The van der Waals surface area contributed by atoms with Crippen molar-refractivity contribution in [3.63, 3.8) is 0 Å². The van der Waals surface area contributed by atoms with Gasteiger partial charge in [-0.2, -0.15) is 0 Å². The van der Waals surface area contributed by atoms with Crippen molar-refractivity contribution in [2.24, 2.45) is 5.92 Å². The number of amides is 3. The van der Waals surface area contributed by atoms with Crippen molar-refractivity contribution in [3.8, 4) is 0 Å². The number of benzene rings is 1. The summed E-state index contributed by atoms with van der Waals surface area (Å²) in [7, 11) is -3.92. The largest absolute Gasteiger partial charge is 0.350 e. The third-order valence-corrected chi connectivity index (χ3v) is 6.46. The second-order valence-electron chi connectivity index (χ2n) is 7.12. The molecule has 3 rings (SSSR count). The van der Waals surface area contributed by atoms with Crippen LogP contribution in [0.5, 0.6) is 0 Å². The first-order valence-corrected chi connectivity index (χ1v) is 10.5. The van der Waals surface area contributed by atoms with E-state index in [1.807, 2.05) is 0 Å². The van der Waals surface area contributed by atoms with Gasteiger partial charge in [0.2, 0.25) is 5.91 Å². The van der Waals surface area contributed by atoms with Gasteiger partial charge in [0.05, 0.1) is 10.9 Å². The molecule has 1 aromatic carbocycles. The Labute approximate surface area is 154 Å². The first-order chi connectivity index (χ1) is 12.3. The minimum atomic E-state index is -3.92. The Balaban J connectivity index is 1.64. The quantitative estimate of drug-likeness (QED) is 0.728. The average molecular weight is 379 g/mol. The lowest BCUT2D eigenvalue weighted by Crippen LogP contribution is -2.41. The Morgan fingerprint density at radius 3 is 2.58 bits per heavy atom. The molecule has 0 heterocycles. The van der Waals surface area contributed by atoms with Crippen LogP contribution in [-0.4, -0.2) is 26.9 Å². The van der Waals surface area contributed by atoms with Crippen LogP contribution >= 0.6 is 0 Å². The molecule has 7 nitrogen and oxygen atoms in total. The lowest BCUT2D eigenvalue weighted by Gasteiger charge is -2.14. The predicted molar refractivity (Wildman–Crippen MR) is 97.0 cm³/mol. The van der Waals surface area contributed by atoms with Crippen molar-refractivity contribution in [1.29, 1.82) is 0 Å². The fourth-order valence-electron chi connectivity index (χ4n) is 3.82. The summed E-state index contributed by atoms with van der Waals surface area (Å²) < 4.78 is 27.0. The highest BCUT2D eigenvalue weighted by Gasteiger charge is 2.26. The molecule has 142 valence electrons. The molecule has 26 heavy (non-hydrogen) atoms. The Kier molecular flexibility index (Phi) is 5.50. The number of sulfonamides is 1. The van der Waals surface area contributed by atoms with E-state index in [9.17, 15) is 18.0 Å². The number of aryl methyl sites for hydroxylation is 1. The van der Waals surface area contributed by atoms with E-state index < -0.39 is 16.1 Å². The number of hydrogen-bond acceptors (Lipinski definition) is 4. The topological polar surface area (TPSA) is 104 Å². The van der Waals surface area contributed by atoms with Crippen LogP contribution in [0.2, 0.25) is 0 Å². The summed E-state index contributed by atoms with van der Waals surface area (Å²) in [5.41, 5.74) is 1.82. The van der Waals surface area contributed by atoms with Crippen LogP contribution in [0.3, 0.4) is 0 Å². The molecule has 3 amide bonds. The van der Waals surface area contributed by atoms with Gasteiger partial charge >= 0.3 is 6.03 Å². The van der Waals surface area contributed by atoms with E-state index in [1.165, 1.54) is 25.8 Å². The molecule has 8 heteroatoms. The number of carbonyl (C=O) groups is 2. The minimum Gasteiger partial charge on any atom is -0.350 e. The molecule has 0 saturated heterocycles. The maximum absolute atomic E-state index is 12.5. The summed E-state index contributed by atoms with van der Waals surface area (Å²) in [5, 5.41) is 5.52. The van der Waals surface area contributed by atoms with Crippen LogP contribution in [0.1, 0.15) is 56.2 Å². The molecule has 0 aliphatic heterocycles. The van der Waals surface area contributed by atoms with Crippen LogP contribution in [-0.2, 0) is 21.2 Å². The smallest absolute Gasteiger partial charge is 0.328 e. The van der Waals surface area contributed by atoms with Crippen LogP contribution < -0.4 is 15.4 Å². The van der Waals surface area contributed by atoms with Crippen molar-refractivity contribution >= 4 is 22.0 Å². The van der Waals surface area contributed by atoms with Gasteiger partial charge in [-0.25, -0.2) is 17.9 Å². The first kappa shape index (κ1) is 18.7. The van der Waals surface area contributed by atoms with Gasteiger partial charge in [0.15, 0.2) is 0 Å². The van der Waals surface area contributed by atoms with Crippen LogP contribution in [0.4, 0.5) is 4.79 Å². The highest BCUT2D eigenvalue weighted by molar-refractivity contribution is 7.90. The third kappa shape index (κ3) is 4.35. The number of urea groups is 1. The van der Waals surface area contributed by atoms with Gasteiger partial charge in [0.25, 0.3) is 10.0 Å². The van der Waals surface area contributed by atoms with Gasteiger partial charge in [0.1, 0.15) is 0 Å². The number of nitrogens with one attached hydrogen (secondary N) is 3. The van der Waals surface area contributed by atoms with E-state index in [1.54, 1.807) is 12.1 Å². The van der Waals surface area contributed by atoms with Crippen LogP contribution in [0.25, 0.3) is 0 Å². The predicted octanol–water partition coefficient (Wildman–Crippen LogP) is 1.99. The molecular weight excluding hydrogens is 354 g/mol. The molecule has 0 radical (unpaired) electrons.